The fourth-order valence-corrected chi connectivity index (χ4v) is 1.77. The second kappa shape index (κ2) is 5.36. The maximum Gasteiger partial charge on any atom is 0.144 e. The van der Waals surface area contributed by atoms with Crippen LogP contribution in [0.25, 0.3) is 0 Å². The van der Waals surface area contributed by atoms with Gasteiger partial charge < -0.3 is 11.1 Å². The Hall–Kier alpha value is -1.60. The number of nitrogens with two attached hydrogens (primary N) is 1. The standard InChI is InChI=1S/C14H22N4/c1-9(2)14(5,8-16)18-13-12(7-15)10(3)6-11(4)17-13/h6,9H,8,16H2,1-5H3,(H,17,18). The number of hydrogen-bond donors (Lipinski definition) is 2. The molecular formula is C14H22N4. The summed E-state index contributed by atoms with van der Waals surface area (Å²) in [6, 6.07) is 4.13. The number of nitriles is 1. The van der Waals surface area contributed by atoms with E-state index >= 15 is 0 Å². The molecule has 0 aliphatic heterocycles. The van der Waals surface area contributed by atoms with Gasteiger partial charge in [-0.1, -0.05) is 13.8 Å². The zero-order valence-electron chi connectivity index (χ0n) is 11.8. The summed E-state index contributed by atoms with van der Waals surface area (Å²) in [6.07, 6.45) is 0. The molecule has 0 fully saturated rings. The summed E-state index contributed by atoms with van der Waals surface area (Å²) in [5, 5.41) is 12.6. The maximum absolute atomic E-state index is 9.24. The van der Waals surface area contributed by atoms with Gasteiger partial charge in [-0.2, -0.15) is 5.26 Å². The molecule has 0 bridgehead atoms. The highest BCUT2D eigenvalue weighted by Gasteiger charge is 2.28. The molecule has 0 radical (unpaired) electrons. The van der Waals surface area contributed by atoms with Gasteiger partial charge in [0.15, 0.2) is 0 Å². The van der Waals surface area contributed by atoms with E-state index in [0.29, 0.717) is 23.8 Å². The van der Waals surface area contributed by atoms with Gasteiger partial charge >= 0.3 is 0 Å². The molecule has 0 spiro atoms. The van der Waals surface area contributed by atoms with E-state index in [9.17, 15) is 5.26 Å². The molecule has 0 saturated carbocycles. The molecule has 1 atom stereocenters. The Labute approximate surface area is 109 Å². The highest BCUT2D eigenvalue weighted by Crippen LogP contribution is 2.25. The van der Waals surface area contributed by atoms with Crippen LogP contribution in [0.15, 0.2) is 6.07 Å². The van der Waals surface area contributed by atoms with E-state index < -0.39 is 0 Å². The molecule has 1 aromatic rings. The van der Waals surface area contributed by atoms with Gasteiger partial charge in [-0.3, -0.25) is 0 Å². The first kappa shape index (κ1) is 14.5. The molecule has 98 valence electrons. The normalized spacial score (nSPS) is 14.1. The molecule has 4 heteroatoms. The third kappa shape index (κ3) is 2.80. The Morgan fingerprint density at radius 2 is 2.11 bits per heavy atom. The van der Waals surface area contributed by atoms with E-state index in [1.54, 1.807) is 0 Å². The van der Waals surface area contributed by atoms with Crippen LogP contribution in [0.5, 0.6) is 0 Å². The van der Waals surface area contributed by atoms with Crippen molar-refractivity contribution in [2.75, 3.05) is 11.9 Å². The van der Waals surface area contributed by atoms with Crippen molar-refractivity contribution in [2.24, 2.45) is 11.7 Å². The molecule has 0 aromatic carbocycles. The fourth-order valence-electron chi connectivity index (χ4n) is 1.77. The summed E-state index contributed by atoms with van der Waals surface area (Å²) >= 11 is 0. The van der Waals surface area contributed by atoms with Crippen molar-refractivity contribution >= 4 is 5.82 Å². The first-order valence-electron chi connectivity index (χ1n) is 6.20. The van der Waals surface area contributed by atoms with E-state index in [0.717, 1.165) is 11.3 Å². The van der Waals surface area contributed by atoms with Gasteiger partial charge in [-0.15, -0.1) is 0 Å². The molecule has 1 unspecified atom stereocenters. The molecule has 0 aliphatic carbocycles. The Balaban J connectivity index is 3.23. The van der Waals surface area contributed by atoms with E-state index in [1.807, 2.05) is 19.9 Å². The lowest BCUT2D eigenvalue weighted by molar-refractivity contribution is 0.381. The van der Waals surface area contributed by atoms with Gasteiger partial charge in [0.2, 0.25) is 0 Å². The average molecular weight is 246 g/mol. The van der Waals surface area contributed by atoms with Crippen molar-refractivity contribution in [3.8, 4) is 6.07 Å². The molecule has 1 aromatic heterocycles. The quantitative estimate of drug-likeness (QED) is 0.855. The maximum atomic E-state index is 9.24. The lowest BCUT2D eigenvalue weighted by atomic mass is 9.88. The van der Waals surface area contributed by atoms with Gasteiger partial charge in [0.1, 0.15) is 11.9 Å². The molecular weight excluding hydrogens is 224 g/mol. The topological polar surface area (TPSA) is 74.7 Å². The highest BCUT2D eigenvalue weighted by molar-refractivity contribution is 5.57. The Kier molecular flexibility index (Phi) is 4.31. The largest absolute Gasteiger partial charge is 0.362 e. The highest BCUT2D eigenvalue weighted by atomic mass is 15.1. The van der Waals surface area contributed by atoms with Crippen LogP contribution in [0.3, 0.4) is 0 Å². The molecule has 1 heterocycles. The van der Waals surface area contributed by atoms with Crippen LogP contribution in [0, 0.1) is 31.1 Å². The van der Waals surface area contributed by atoms with E-state index in [-0.39, 0.29) is 5.54 Å². The molecule has 18 heavy (non-hydrogen) atoms. The number of pyridine rings is 1. The van der Waals surface area contributed by atoms with Crippen molar-refractivity contribution < 1.29 is 0 Å². The Morgan fingerprint density at radius 1 is 1.50 bits per heavy atom. The van der Waals surface area contributed by atoms with Crippen LogP contribution in [-0.2, 0) is 0 Å². The van der Waals surface area contributed by atoms with Crippen LogP contribution in [0.1, 0.15) is 37.6 Å². The number of hydrogen-bond acceptors (Lipinski definition) is 4. The van der Waals surface area contributed by atoms with Gasteiger partial charge in [-0.25, -0.2) is 4.98 Å². The van der Waals surface area contributed by atoms with Crippen molar-refractivity contribution in [3.63, 3.8) is 0 Å². The van der Waals surface area contributed by atoms with E-state index in [1.165, 1.54) is 0 Å². The monoisotopic (exact) mass is 246 g/mol. The number of nitrogens with one attached hydrogen (secondary N) is 1. The van der Waals surface area contributed by atoms with Crippen molar-refractivity contribution in [1.29, 1.82) is 5.26 Å². The van der Waals surface area contributed by atoms with Gasteiger partial charge in [0.25, 0.3) is 0 Å². The predicted molar refractivity (Wildman–Crippen MR) is 74.3 cm³/mol. The van der Waals surface area contributed by atoms with Gasteiger partial charge in [-0.05, 0) is 38.3 Å². The second-order valence-corrected chi connectivity index (χ2v) is 5.32. The predicted octanol–water partition coefficient (Wildman–Crippen LogP) is 2.36. The lowest BCUT2D eigenvalue weighted by Crippen LogP contribution is -2.47. The number of rotatable bonds is 4. The van der Waals surface area contributed by atoms with Gasteiger partial charge in [0.05, 0.1) is 11.1 Å². The second-order valence-electron chi connectivity index (χ2n) is 5.32. The summed E-state index contributed by atoms with van der Waals surface area (Å²) in [4.78, 5) is 4.43. The SMILES string of the molecule is Cc1cc(C)c(C#N)c(NC(C)(CN)C(C)C)n1. The number of aryl methyl sites for hydroxylation is 2. The summed E-state index contributed by atoms with van der Waals surface area (Å²) in [5.74, 6) is 0.980. The lowest BCUT2D eigenvalue weighted by Gasteiger charge is -2.34. The Bertz CT molecular complexity index is 473. The molecule has 4 nitrogen and oxygen atoms in total. The minimum absolute atomic E-state index is 0.265. The van der Waals surface area contributed by atoms with Crippen molar-refractivity contribution in [1.82, 2.24) is 4.98 Å². The van der Waals surface area contributed by atoms with Crippen molar-refractivity contribution in [3.05, 3.63) is 22.9 Å². The van der Waals surface area contributed by atoms with E-state index in [4.69, 9.17) is 5.73 Å². The van der Waals surface area contributed by atoms with Crippen LogP contribution in [-0.4, -0.2) is 17.1 Å². The Morgan fingerprint density at radius 3 is 2.56 bits per heavy atom. The first-order valence-corrected chi connectivity index (χ1v) is 6.20. The number of anilines is 1. The van der Waals surface area contributed by atoms with Crippen LogP contribution in [0.2, 0.25) is 0 Å². The third-order valence-electron chi connectivity index (χ3n) is 3.56. The third-order valence-corrected chi connectivity index (χ3v) is 3.56. The number of nitrogens with zero attached hydrogens (tertiary/aromatic N) is 2. The smallest absolute Gasteiger partial charge is 0.144 e. The minimum Gasteiger partial charge on any atom is -0.362 e. The summed E-state index contributed by atoms with van der Waals surface area (Å²) in [7, 11) is 0. The summed E-state index contributed by atoms with van der Waals surface area (Å²) in [5.41, 5.74) is 8.02. The molecule has 1 rings (SSSR count). The van der Waals surface area contributed by atoms with Crippen LogP contribution in [0.4, 0.5) is 5.82 Å². The zero-order valence-corrected chi connectivity index (χ0v) is 11.8. The van der Waals surface area contributed by atoms with E-state index in [2.05, 4.69) is 37.1 Å². The first-order chi connectivity index (χ1) is 8.34. The molecule has 0 saturated heterocycles. The average Bonchev–Trinajstić information content (AvgIpc) is 2.28. The van der Waals surface area contributed by atoms with Crippen molar-refractivity contribution in [2.45, 2.75) is 40.2 Å². The molecule has 0 amide bonds. The summed E-state index contributed by atoms with van der Waals surface area (Å²) in [6.45, 7) is 10.6. The summed E-state index contributed by atoms with van der Waals surface area (Å²) < 4.78 is 0. The van der Waals surface area contributed by atoms with Crippen LogP contribution >= 0.6 is 0 Å². The molecule has 0 aliphatic rings. The van der Waals surface area contributed by atoms with Gasteiger partial charge in [0, 0.05) is 12.2 Å². The number of aromatic nitrogens is 1. The minimum atomic E-state index is -0.265. The fraction of sp³-hybridized carbons (Fsp3) is 0.571. The molecule has 3 N–H and O–H groups in total. The van der Waals surface area contributed by atoms with Crippen LogP contribution < -0.4 is 11.1 Å². The zero-order chi connectivity index (χ0) is 13.9.